The Labute approximate surface area is 127 Å². The molecule has 0 saturated carbocycles. The lowest BCUT2D eigenvalue weighted by molar-refractivity contribution is 0.798. The first kappa shape index (κ1) is 13.4. The highest BCUT2D eigenvalue weighted by molar-refractivity contribution is 9.10. The predicted molar refractivity (Wildman–Crippen MR) is 85.2 cm³/mol. The van der Waals surface area contributed by atoms with Crippen molar-refractivity contribution in [3.63, 3.8) is 0 Å². The van der Waals surface area contributed by atoms with Crippen LogP contribution in [0.25, 0.3) is 0 Å². The second-order valence-corrected chi connectivity index (χ2v) is 5.88. The number of hydrogen-bond donors (Lipinski definition) is 1. The number of rotatable bonds is 3. The molecule has 3 rings (SSSR count). The Morgan fingerprint density at radius 2 is 2.20 bits per heavy atom. The van der Waals surface area contributed by atoms with E-state index in [1.54, 1.807) is 0 Å². The van der Waals surface area contributed by atoms with Gasteiger partial charge in [-0.15, -0.1) is 0 Å². The summed E-state index contributed by atoms with van der Waals surface area (Å²) >= 11 is 3.48. The minimum Gasteiger partial charge on any atom is -0.365 e. The summed E-state index contributed by atoms with van der Waals surface area (Å²) in [5.41, 5.74) is 1.01. The third-order valence-electron chi connectivity index (χ3n) is 3.53. The van der Waals surface area contributed by atoms with Crippen LogP contribution in [0, 0.1) is 6.92 Å². The van der Waals surface area contributed by atoms with Crippen molar-refractivity contribution in [2.24, 2.45) is 0 Å². The average molecular weight is 333 g/mol. The van der Waals surface area contributed by atoms with Crippen molar-refractivity contribution >= 4 is 27.6 Å². The van der Waals surface area contributed by atoms with Gasteiger partial charge in [-0.05, 0) is 53.5 Å². The van der Waals surface area contributed by atoms with E-state index in [-0.39, 0.29) is 0 Å². The number of halogens is 1. The molecule has 20 heavy (non-hydrogen) atoms. The molecule has 3 heterocycles. The smallest absolute Gasteiger partial charge is 0.128 e. The minimum atomic E-state index is 0.421. The second kappa shape index (κ2) is 5.79. The number of pyridine rings is 2. The van der Waals surface area contributed by atoms with Crippen LogP contribution < -0.4 is 10.2 Å². The monoisotopic (exact) mass is 332 g/mol. The molecule has 1 aliphatic heterocycles. The maximum absolute atomic E-state index is 4.54. The third-order valence-corrected chi connectivity index (χ3v) is 4.37. The molecule has 0 spiro atoms. The van der Waals surface area contributed by atoms with Crippen molar-refractivity contribution in [3.8, 4) is 0 Å². The second-order valence-electron chi connectivity index (χ2n) is 5.03. The normalized spacial score (nSPS) is 18.3. The number of nitrogens with zero attached hydrogens (tertiary/aromatic N) is 3. The Kier molecular flexibility index (Phi) is 3.87. The summed E-state index contributed by atoms with van der Waals surface area (Å²) in [5, 5.41) is 3.51. The molecule has 1 atom stereocenters. The van der Waals surface area contributed by atoms with Crippen LogP contribution in [-0.2, 0) is 0 Å². The number of aromatic nitrogens is 2. The van der Waals surface area contributed by atoms with Crippen LogP contribution >= 0.6 is 15.9 Å². The Morgan fingerprint density at radius 3 is 2.95 bits per heavy atom. The topological polar surface area (TPSA) is 41.1 Å². The van der Waals surface area contributed by atoms with Crippen LogP contribution in [-0.4, -0.2) is 29.1 Å². The largest absolute Gasteiger partial charge is 0.365 e. The van der Waals surface area contributed by atoms with Crippen molar-refractivity contribution in [1.29, 1.82) is 0 Å². The zero-order chi connectivity index (χ0) is 13.9. The molecule has 2 aromatic rings. The lowest BCUT2D eigenvalue weighted by atomic mass is 10.2. The quantitative estimate of drug-likeness (QED) is 0.936. The summed E-state index contributed by atoms with van der Waals surface area (Å²) in [6, 6.07) is 10.5. The van der Waals surface area contributed by atoms with E-state index in [2.05, 4.69) is 42.2 Å². The van der Waals surface area contributed by atoms with E-state index >= 15 is 0 Å². The fraction of sp³-hybridized carbons (Fsp3) is 0.333. The van der Waals surface area contributed by atoms with Crippen LogP contribution in [0.3, 0.4) is 0 Å². The molecule has 104 valence electrons. The molecule has 1 fully saturated rings. The van der Waals surface area contributed by atoms with E-state index < -0.39 is 0 Å². The molecule has 2 aromatic heterocycles. The molecule has 1 unspecified atom stereocenters. The third kappa shape index (κ3) is 2.93. The van der Waals surface area contributed by atoms with Gasteiger partial charge in [0.2, 0.25) is 0 Å². The molecule has 0 aliphatic carbocycles. The number of hydrogen-bond acceptors (Lipinski definition) is 4. The summed E-state index contributed by atoms with van der Waals surface area (Å²) in [7, 11) is 0. The fourth-order valence-electron chi connectivity index (χ4n) is 2.46. The molecule has 1 aliphatic rings. The highest BCUT2D eigenvalue weighted by Crippen LogP contribution is 2.21. The SMILES string of the molecule is Cc1nc(NC2CCN(c3ccccn3)C2)ccc1Br. The molecule has 1 N–H and O–H groups in total. The van der Waals surface area contributed by atoms with Crippen LogP contribution in [0.5, 0.6) is 0 Å². The molecular weight excluding hydrogens is 316 g/mol. The molecule has 0 amide bonds. The Hall–Kier alpha value is -1.62. The Balaban J connectivity index is 1.64. The van der Waals surface area contributed by atoms with Crippen molar-refractivity contribution in [3.05, 3.63) is 46.7 Å². The van der Waals surface area contributed by atoms with Gasteiger partial charge in [0.25, 0.3) is 0 Å². The van der Waals surface area contributed by atoms with E-state index in [1.807, 2.05) is 37.4 Å². The highest BCUT2D eigenvalue weighted by Gasteiger charge is 2.23. The highest BCUT2D eigenvalue weighted by atomic mass is 79.9. The van der Waals surface area contributed by atoms with Crippen LogP contribution in [0.4, 0.5) is 11.6 Å². The van der Waals surface area contributed by atoms with Gasteiger partial charge in [0.1, 0.15) is 11.6 Å². The molecule has 4 nitrogen and oxygen atoms in total. The van der Waals surface area contributed by atoms with Gasteiger partial charge in [-0.25, -0.2) is 9.97 Å². The van der Waals surface area contributed by atoms with Gasteiger partial charge in [-0.2, -0.15) is 0 Å². The first-order valence-electron chi connectivity index (χ1n) is 6.78. The standard InChI is InChI=1S/C15H17BrN4/c1-11-13(16)5-6-14(18-11)19-12-7-9-20(10-12)15-4-2-3-8-17-15/h2-6,8,12H,7,9-10H2,1H3,(H,18,19). The van der Waals surface area contributed by atoms with Crippen LogP contribution in [0.1, 0.15) is 12.1 Å². The summed E-state index contributed by atoms with van der Waals surface area (Å²) in [6.45, 7) is 4.00. The van der Waals surface area contributed by atoms with E-state index in [9.17, 15) is 0 Å². The van der Waals surface area contributed by atoms with E-state index in [0.29, 0.717) is 6.04 Å². The Morgan fingerprint density at radius 1 is 1.30 bits per heavy atom. The summed E-state index contributed by atoms with van der Waals surface area (Å²) in [4.78, 5) is 11.3. The van der Waals surface area contributed by atoms with Crippen molar-refractivity contribution < 1.29 is 0 Å². The van der Waals surface area contributed by atoms with Gasteiger partial charge in [0.05, 0.1) is 5.69 Å². The molecular formula is C15H17BrN4. The maximum Gasteiger partial charge on any atom is 0.128 e. The summed E-state index contributed by atoms with van der Waals surface area (Å²) < 4.78 is 1.05. The zero-order valence-corrected chi connectivity index (χ0v) is 13.0. The van der Waals surface area contributed by atoms with E-state index in [1.165, 1.54) is 0 Å². The maximum atomic E-state index is 4.54. The van der Waals surface area contributed by atoms with Crippen molar-refractivity contribution in [2.45, 2.75) is 19.4 Å². The van der Waals surface area contributed by atoms with Crippen LogP contribution in [0.15, 0.2) is 41.0 Å². The van der Waals surface area contributed by atoms with Crippen molar-refractivity contribution in [1.82, 2.24) is 9.97 Å². The van der Waals surface area contributed by atoms with E-state index in [0.717, 1.165) is 41.3 Å². The molecule has 1 saturated heterocycles. The molecule has 0 radical (unpaired) electrons. The number of nitrogens with one attached hydrogen (secondary N) is 1. The number of aryl methyl sites for hydroxylation is 1. The lowest BCUT2D eigenvalue weighted by Crippen LogP contribution is -2.26. The van der Waals surface area contributed by atoms with Gasteiger partial charge in [0.15, 0.2) is 0 Å². The van der Waals surface area contributed by atoms with Gasteiger partial charge in [-0.3, -0.25) is 0 Å². The van der Waals surface area contributed by atoms with Crippen LogP contribution in [0.2, 0.25) is 0 Å². The van der Waals surface area contributed by atoms with Gasteiger partial charge < -0.3 is 10.2 Å². The van der Waals surface area contributed by atoms with Gasteiger partial charge in [0, 0.05) is 29.8 Å². The first-order valence-corrected chi connectivity index (χ1v) is 7.57. The van der Waals surface area contributed by atoms with E-state index in [4.69, 9.17) is 0 Å². The first-order chi connectivity index (χ1) is 9.72. The fourth-order valence-corrected chi connectivity index (χ4v) is 2.68. The van der Waals surface area contributed by atoms with Crippen molar-refractivity contribution in [2.75, 3.05) is 23.3 Å². The van der Waals surface area contributed by atoms with Gasteiger partial charge >= 0.3 is 0 Å². The van der Waals surface area contributed by atoms with Gasteiger partial charge in [-0.1, -0.05) is 6.07 Å². The number of anilines is 2. The average Bonchev–Trinajstić information content (AvgIpc) is 2.92. The lowest BCUT2D eigenvalue weighted by Gasteiger charge is -2.18. The minimum absolute atomic E-state index is 0.421. The molecule has 0 aromatic carbocycles. The Bertz CT molecular complexity index is 588. The zero-order valence-electron chi connectivity index (χ0n) is 11.4. The molecule has 0 bridgehead atoms. The summed E-state index contributed by atoms with van der Waals surface area (Å²) in [6.07, 6.45) is 2.95. The molecule has 5 heteroatoms. The summed E-state index contributed by atoms with van der Waals surface area (Å²) in [5.74, 6) is 2.00. The predicted octanol–water partition coefficient (Wildman–Crippen LogP) is 3.24.